The molecule has 198 valence electrons. The molecular weight excluding hydrogens is 514 g/mol. The first-order valence-electron chi connectivity index (χ1n) is 12.1. The van der Waals surface area contributed by atoms with E-state index in [-0.39, 0.29) is 16.4 Å². The molecule has 9 nitrogen and oxygen atoms in total. The number of ether oxygens (including phenoxy) is 2. The van der Waals surface area contributed by atoms with E-state index in [1.54, 1.807) is 24.4 Å². The Hall–Kier alpha value is -4.41. The monoisotopic (exact) mass is 541 g/mol. The zero-order valence-electron chi connectivity index (χ0n) is 21.9. The third-order valence-corrected chi connectivity index (χ3v) is 7.26. The van der Waals surface area contributed by atoms with Crippen LogP contribution in [0, 0.1) is 0 Å². The number of hydrogen-bond donors (Lipinski definition) is 1. The highest BCUT2D eigenvalue weighted by atomic mass is 32.2. The van der Waals surface area contributed by atoms with Gasteiger partial charge in [-0.15, -0.1) is 0 Å². The summed E-state index contributed by atoms with van der Waals surface area (Å²) in [5, 5.41) is 7.53. The van der Waals surface area contributed by atoms with Crippen molar-refractivity contribution in [2.24, 2.45) is 5.14 Å². The third kappa shape index (κ3) is 5.04. The summed E-state index contributed by atoms with van der Waals surface area (Å²) in [5.74, 6) is 0.712. The fraction of sp³-hybridized carbons (Fsp3) is 0.172. The van der Waals surface area contributed by atoms with Gasteiger partial charge in [-0.1, -0.05) is 51.1 Å². The van der Waals surface area contributed by atoms with Gasteiger partial charge in [0.15, 0.2) is 11.5 Å². The molecule has 0 atom stereocenters. The molecule has 0 bridgehead atoms. The summed E-state index contributed by atoms with van der Waals surface area (Å²) >= 11 is 0. The minimum absolute atomic E-state index is 0.0138. The molecule has 0 radical (unpaired) electrons. The van der Waals surface area contributed by atoms with Crippen molar-refractivity contribution in [3.05, 3.63) is 85.2 Å². The van der Waals surface area contributed by atoms with E-state index >= 15 is 0 Å². The Kier molecular flexibility index (Phi) is 6.75. The van der Waals surface area contributed by atoms with Crippen molar-refractivity contribution in [2.75, 3.05) is 7.11 Å². The van der Waals surface area contributed by atoms with Crippen molar-refractivity contribution in [1.82, 2.24) is 19.9 Å². The van der Waals surface area contributed by atoms with E-state index in [9.17, 15) is 8.42 Å². The molecule has 10 heteroatoms. The van der Waals surface area contributed by atoms with Gasteiger partial charge in [0, 0.05) is 34.5 Å². The van der Waals surface area contributed by atoms with Crippen molar-refractivity contribution in [1.29, 1.82) is 0 Å². The van der Waals surface area contributed by atoms with E-state index in [2.05, 4.69) is 19.9 Å². The first-order valence-corrected chi connectivity index (χ1v) is 13.6. The van der Waals surface area contributed by atoms with E-state index in [4.69, 9.17) is 14.6 Å². The smallest absolute Gasteiger partial charge is 0.242 e. The van der Waals surface area contributed by atoms with Crippen LogP contribution in [0.1, 0.15) is 26.3 Å². The zero-order valence-corrected chi connectivity index (χ0v) is 22.7. The lowest BCUT2D eigenvalue weighted by Crippen LogP contribution is -2.19. The van der Waals surface area contributed by atoms with Crippen LogP contribution in [-0.4, -0.2) is 35.5 Å². The zero-order chi connectivity index (χ0) is 27.8. The van der Waals surface area contributed by atoms with Gasteiger partial charge in [0.2, 0.25) is 10.0 Å². The Labute approximate surface area is 226 Å². The number of hydrogen-bond acceptors (Lipinski definition) is 8. The Morgan fingerprint density at radius 1 is 0.795 bits per heavy atom. The quantitative estimate of drug-likeness (QED) is 0.298. The van der Waals surface area contributed by atoms with Crippen LogP contribution in [0.4, 0.5) is 0 Å². The first kappa shape index (κ1) is 26.2. The topological polar surface area (TPSA) is 130 Å². The van der Waals surface area contributed by atoms with Crippen molar-refractivity contribution in [2.45, 2.75) is 31.1 Å². The Morgan fingerprint density at radius 2 is 1.44 bits per heavy atom. The summed E-state index contributed by atoms with van der Waals surface area (Å²) in [6.07, 6.45) is 6.00. The van der Waals surface area contributed by atoms with Gasteiger partial charge < -0.3 is 9.47 Å². The average Bonchev–Trinajstić information content (AvgIpc) is 2.92. The van der Waals surface area contributed by atoms with Gasteiger partial charge >= 0.3 is 0 Å². The van der Waals surface area contributed by atoms with Gasteiger partial charge in [0.25, 0.3) is 0 Å². The standard InChI is InChI=1S/C29H27N5O4S/c1-29(2,3)22-15-21(24-12-14-32-17-34-24)28(39(30,35)36)27(37-4)26(22)38-25-19-8-6-5-7-18(19)9-10-20(25)23-11-13-31-16-33-23/h5-17H,1-4H3,(H2,30,35,36). The molecule has 0 aliphatic heterocycles. The molecule has 0 aliphatic rings. The predicted molar refractivity (Wildman–Crippen MR) is 149 cm³/mol. The molecule has 3 aromatic carbocycles. The maximum Gasteiger partial charge on any atom is 0.242 e. The number of benzene rings is 3. The number of primary sulfonamides is 1. The molecule has 0 fully saturated rings. The summed E-state index contributed by atoms with van der Waals surface area (Å²) < 4.78 is 38.6. The van der Waals surface area contributed by atoms with E-state index < -0.39 is 15.4 Å². The lowest BCUT2D eigenvalue weighted by Gasteiger charge is -2.28. The van der Waals surface area contributed by atoms with Crippen LogP contribution in [0.5, 0.6) is 17.2 Å². The second-order valence-corrected chi connectivity index (χ2v) is 11.4. The van der Waals surface area contributed by atoms with Crippen LogP contribution >= 0.6 is 0 Å². The van der Waals surface area contributed by atoms with Crippen LogP contribution in [0.15, 0.2) is 84.5 Å². The second-order valence-electron chi connectivity index (χ2n) is 9.91. The molecule has 39 heavy (non-hydrogen) atoms. The average molecular weight is 542 g/mol. The highest BCUT2D eigenvalue weighted by molar-refractivity contribution is 7.89. The van der Waals surface area contributed by atoms with Gasteiger partial charge in [0.1, 0.15) is 23.3 Å². The second kappa shape index (κ2) is 10.0. The Morgan fingerprint density at radius 3 is 2.00 bits per heavy atom. The van der Waals surface area contributed by atoms with Gasteiger partial charge in [-0.2, -0.15) is 0 Å². The van der Waals surface area contributed by atoms with Crippen LogP contribution < -0.4 is 14.6 Å². The highest BCUT2D eigenvalue weighted by Crippen LogP contribution is 2.50. The maximum atomic E-state index is 13.1. The molecule has 0 amide bonds. The number of nitrogens with zero attached hydrogens (tertiary/aromatic N) is 4. The molecule has 2 N–H and O–H groups in total. The fourth-order valence-electron chi connectivity index (χ4n) is 4.50. The van der Waals surface area contributed by atoms with Crippen molar-refractivity contribution < 1.29 is 17.9 Å². The molecule has 0 aliphatic carbocycles. The largest absolute Gasteiger partial charge is 0.491 e. The first-order chi connectivity index (χ1) is 18.6. The van der Waals surface area contributed by atoms with E-state index in [1.807, 2.05) is 57.2 Å². The van der Waals surface area contributed by atoms with E-state index in [0.29, 0.717) is 33.8 Å². The van der Waals surface area contributed by atoms with E-state index in [0.717, 1.165) is 10.8 Å². The lowest BCUT2D eigenvalue weighted by atomic mass is 9.84. The van der Waals surface area contributed by atoms with Crippen molar-refractivity contribution in [3.8, 4) is 39.8 Å². The van der Waals surface area contributed by atoms with E-state index in [1.165, 1.54) is 26.0 Å². The van der Waals surface area contributed by atoms with Gasteiger partial charge in [0.05, 0.1) is 18.5 Å². The minimum Gasteiger partial charge on any atom is -0.491 e. The normalized spacial score (nSPS) is 11.9. The number of sulfonamides is 1. The lowest BCUT2D eigenvalue weighted by molar-refractivity contribution is 0.362. The van der Waals surface area contributed by atoms with Crippen LogP contribution in [0.3, 0.4) is 0 Å². The molecule has 0 saturated heterocycles. The number of rotatable bonds is 6. The molecule has 5 rings (SSSR count). The van der Waals surface area contributed by atoms with Crippen molar-refractivity contribution >= 4 is 20.8 Å². The van der Waals surface area contributed by atoms with Crippen LogP contribution in [0.25, 0.3) is 33.3 Å². The van der Waals surface area contributed by atoms with Crippen LogP contribution in [-0.2, 0) is 15.4 Å². The molecule has 0 spiro atoms. The third-order valence-electron chi connectivity index (χ3n) is 6.29. The SMILES string of the molecule is COc1c(Oc2c(-c3ccncn3)ccc3ccccc23)c(C(C)(C)C)cc(-c2ccncn2)c1S(N)(=O)=O. The summed E-state index contributed by atoms with van der Waals surface area (Å²) in [5.41, 5.74) is 2.23. The summed E-state index contributed by atoms with van der Waals surface area (Å²) in [4.78, 5) is 16.5. The Bertz CT molecular complexity index is 1770. The fourth-order valence-corrected chi connectivity index (χ4v) is 5.40. The van der Waals surface area contributed by atoms with Gasteiger partial charge in [-0.25, -0.2) is 33.5 Å². The molecule has 2 heterocycles. The predicted octanol–water partition coefficient (Wildman–Crippen LogP) is 5.50. The minimum atomic E-state index is -4.29. The molecule has 0 unspecified atom stereocenters. The maximum absolute atomic E-state index is 13.1. The Balaban J connectivity index is 1.88. The molecular formula is C29H27N5O4S. The number of nitrogens with two attached hydrogens (primary N) is 1. The van der Waals surface area contributed by atoms with Crippen molar-refractivity contribution in [3.63, 3.8) is 0 Å². The molecule has 2 aromatic heterocycles. The molecule has 0 saturated carbocycles. The number of aromatic nitrogens is 4. The number of fused-ring (bicyclic) bond motifs is 1. The summed E-state index contributed by atoms with van der Waals surface area (Å²) in [7, 11) is -2.90. The number of methoxy groups -OCH3 is 1. The van der Waals surface area contributed by atoms with Crippen LogP contribution in [0.2, 0.25) is 0 Å². The summed E-state index contributed by atoms with van der Waals surface area (Å²) in [6, 6.07) is 16.8. The molecule has 5 aromatic rings. The van der Waals surface area contributed by atoms with Gasteiger partial charge in [-0.3, -0.25) is 0 Å². The summed E-state index contributed by atoms with van der Waals surface area (Å²) in [6.45, 7) is 6.01. The highest BCUT2D eigenvalue weighted by Gasteiger charge is 2.33. The van der Waals surface area contributed by atoms with Gasteiger partial charge in [-0.05, 0) is 35.1 Å².